The second kappa shape index (κ2) is 6.56. The van der Waals surface area contributed by atoms with Crippen LogP contribution in [-0.2, 0) is 7.05 Å². The number of pyridine rings is 1. The van der Waals surface area contributed by atoms with E-state index in [0.29, 0.717) is 5.56 Å². The van der Waals surface area contributed by atoms with Gasteiger partial charge in [0.1, 0.15) is 12.9 Å². The van der Waals surface area contributed by atoms with Crippen LogP contribution in [0.25, 0.3) is 22.4 Å². The smallest absolute Gasteiger partial charge is 0.206 e. The molecule has 0 radical (unpaired) electrons. The Labute approximate surface area is 157 Å². The standard InChI is InChI=1S/C22H25FNSi/c1-16-13-21(23)20(17-9-7-6-8-10-17)15-19(16)22-14-18(25(3,4)5)11-12-24(22)2/h6-15H,1-5H3/q+1/i6D,7D,8D,9D,10D. The zero-order valence-corrected chi connectivity index (χ0v) is 16.2. The first-order valence-corrected chi connectivity index (χ1v) is 11.7. The molecule has 0 unspecified atom stereocenters. The molecule has 3 aromatic rings. The number of aromatic nitrogens is 1. The van der Waals surface area contributed by atoms with E-state index >= 15 is 0 Å². The minimum Gasteiger partial charge on any atom is -0.206 e. The number of halogens is 1. The predicted octanol–water partition coefficient (Wildman–Crippen LogP) is 4.84. The van der Waals surface area contributed by atoms with E-state index in [0.717, 1.165) is 11.3 Å². The molecule has 0 saturated heterocycles. The Bertz CT molecular complexity index is 1140. The number of aryl methyl sites for hydroxylation is 2. The summed E-state index contributed by atoms with van der Waals surface area (Å²) >= 11 is 0. The molecule has 25 heavy (non-hydrogen) atoms. The van der Waals surface area contributed by atoms with Gasteiger partial charge in [0.25, 0.3) is 0 Å². The summed E-state index contributed by atoms with van der Waals surface area (Å²) in [5.41, 5.74) is 2.25. The molecular formula is C22H25FNSi+. The van der Waals surface area contributed by atoms with Crippen molar-refractivity contribution in [3.8, 4) is 22.4 Å². The minimum absolute atomic E-state index is 0.00556. The van der Waals surface area contributed by atoms with Crippen molar-refractivity contribution in [2.24, 2.45) is 7.05 Å². The van der Waals surface area contributed by atoms with Crippen molar-refractivity contribution < 1.29 is 15.8 Å². The van der Waals surface area contributed by atoms with Crippen molar-refractivity contribution in [1.82, 2.24) is 0 Å². The van der Waals surface area contributed by atoms with Crippen LogP contribution in [0.4, 0.5) is 4.39 Å². The van der Waals surface area contributed by atoms with Crippen molar-refractivity contribution in [2.75, 3.05) is 0 Å². The van der Waals surface area contributed by atoms with Crippen LogP contribution in [0, 0.1) is 12.7 Å². The van der Waals surface area contributed by atoms with Crippen LogP contribution in [0.15, 0.2) is 60.7 Å². The highest BCUT2D eigenvalue weighted by Crippen LogP contribution is 2.30. The van der Waals surface area contributed by atoms with Crippen LogP contribution in [-0.4, -0.2) is 8.07 Å². The number of hydrogen-bond acceptors (Lipinski definition) is 0. The Kier molecular flexibility index (Phi) is 3.19. The van der Waals surface area contributed by atoms with Crippen molar-refractivity contribution in [2.45, 2.75) is 26.6 Å². The molecule has 1 nitrogen and oxygen atoms in total. The molecule has 0 aliphatic rings. The molecule has 2 aromatic carbocycles. The van der Waals surface area contributed by atoms with Crippen LogP contribution < -0.4 is 9.75 Å². The third kappa shape index (κ3) is 3.56. The normalized spacial score (nSPS) is 14.4. The van der Waals surface area contributed by atoms with E-state index in [-0.39, 0.29) is 11.1 Å². The first-order valence-electron chi connectivity index (χ1n) is 10.7. The van der Waals surface area contributed by atoms with Gasteiger partial charge in [-0.3, -0.25) is 0 Å². The lowest BCUT2D eigenvalue weighted by Crippen LogP contribution is -2.42. The molecule has 3 rings (SSSR count). The molecule has 0 atom stereocenters. The maximum atomic E-state index is 15.0. The lowest BCUT2D eigenvalue weighted by Gasteiger charge is -2.17. The van der Waals surface area contributed by atoms with Crippen molar-refractivity contribution in [3.63, 3.8) is 0 Å². The van der Waals surface area contributed by atoms with Crippen LogP contribution >= 0.6 is 0 Å². The highest BCUT2D eigenvalue weighted by atomic mass is 28.3. The van der Waals surface area contributed by atoms with Gasteiger partial charge in [-0.2, -0.15) is 0 Å². The van der Waals surface area contributed by atoms with Crippen LogP contribution in [0.5, 0.6) is 0 Å². The van der Waals surface area contributed by atoms with Gasteiger partial charge in [0.15, 0.2) is 6.20 Å². The molecule has 0 spiro atoms. The quantitative estimate of drug-likeness (QED) is 0.468. The largest absolute Gasteiger partial charge is 0.212 e. The zero-order chi connectivity index (χ0) is 22.5. The maximum Gasteiger partial charge on any atom is 0.212 e. The summed E-state index contributed by atoms with van der Waals surface area (Å²) in [4.78, 5) is 0. The lowest BCUT2D eigenvalue weighted by atomic mass is 9.97. The topological polar surface area (TPSA) is 3.88 Å². The van der Waals surface area contributed by atoms with Gasteiger partial charge in [0.2, 0.25) is 5.69 Å². The SMILES string of the molecule is [2H]c1c([2H])c([2H])c(-c2cc(-c3cc([Si](C)(C)C)cc[n+]3C)c(C)cc2F)c([2H])c1[2H]. The minimum atomic E-state index is -1.58. The monoisotopic (exact) mass is 355 g/mol. The zero-order valence-electron chi connectivity index (χ0n) is 20.2. The van der Waals surface area contributed by atoms with E-state index in [9.17, 15) is 4.39 Å². The molecule has 0 bridgehead atoms. The van der Waals surface area contributed by atoms with Crippen LogP contribution in [0.2, 0.25) is 19.6 Å². The predicted molar refractivity (Wildman–Crippen MR) is 106 cm³/mol. The van der Waals surface area contributed by atoms with Crippen molar-refractivity contribution >= 4 is 13.3 Å². The Morgan fingerprint density at radius 2 is 1.68 bits per heavy atom. The fourth-order valence-corrected chi connectivity index (χ4v) is 3.97. The molecular weight excluding hydrogens is 325 g/mol. The average molecular weight is 356 g/mol. The van der Waals surface area contributed by atoms with E-state index in [2.05, 4.69) is 31.8 Å². The number of nitrogens with zero attached hydrogens (tertiary/aromatic N) is 1. The number of benzene rings is 2. The highest BCUT2D eigenvalue weighted by molar-refractivity contribution is 6.88. The first-order chi connectivity index (χ1) is 13.8. The van der Waals surface area contributed by atoms with Crippen LogP contribution in [0.3, 0.4) is 0 Å². The summed E-state index contributed by atoms with van der Waals surface area (Å²) in [6, 6.07) is 4.93. The maximum absolute atomic E-state index is 15.0. The molecule has 1 heterocycles. The van der Waals surface area contributed by atoms with E-state index in [1.807, 2.05) is 24.7 Å². The van der Waals surface area contributed by atoms with E-state index < -0.39 is 44.1 Å². The first kappa shape index (κ1) is 12.1. The summed E-state index contributed by atoms with van der Waals surface area (Å²) in [5, 5.41) is 1.25. The third-order valence-electron chi connectivity index (χ3n) is 4.38. The van der Waals surface area contributed by atoms with Gasteiger partial charge in [-0.25, -0.2) is 8.96 Å². The second-order valence-electron chi connectivity index (χ2n) is 7.31. The highest BCUT2D eigenvalue weighted by Gasteiger charge is 2.22. The third-order valence-corrected chi connectivity index (χ3v) is 6.42. The Morgan fingerprint density at radius 1 is 1.00 bits per heavy atom. The summed E-state index contributed by atoms with van der Waals surface area (Å²) in [7, 11) is 0.330. The van der Waals surface area contributed by atoms with Gasteiger partial charge < -0.3 is 0 Å². The van der Waals surface area contributed by atoms with E-state index in [1.165, 1.54) is 11.3 Å². The van der Waals surface area contributed by atoms with Gasteiger partial charge >= 0.3 is 0 Å². The van der Waals surface area contributed by atoms with E-state index in [1.54, 1.807) is 6.07 Å². The number of rotatable bonds is 3. The number of hydrogen-bond donors (Lipinski definition) is 0. The second-order valence-corrected chi connectivity index (χ2v) is 12.4. The molecule has 0 amide bonds. The molecule has 0 fully saturated rings. The summed E-state index contributed by atoms with van der Waals surface area (Å²) in [6.07, 6.45) is 1.98. The van der Waals surface area contributed by atoms with E-state index in [4.69, 9.17) is 6.85 Å². The van der Waals surface area contributed by atoms with Gasteiger partial charge in [-0.1, -0.05) is 49.9 Å². The molecule has 0 N–H and O–H groups in total. The Balaban J connectivity index is 2.34. The van der Waals surface area contributed by atoms with Gasteiger partial charge in [-0.05, 0) is 35.4 Å². The summed E-state index contributed by atoms with van der Waals surface area (Å²) < 4.78 is 57.0. The Hall–Kier alpha value is -2.26. The molecule has 1 aromatic heterocycles. The van der Waals surface area contributed by atoms with Gasteiger partial charge in [0.05, 0.1) is 14.9 Å². The van der Waals surface area contributed by atoms with Crippen molar-refractivity contribution in [3.05, 3.63) is 72.1 Å². The Morgan fingerprint density at radius 3 is 2.32 bits per heavy atom. The molecule has 0 saturated carbocycles. The molecule has 0 aliphatic carbocycles. The van der Waals surface area contributed by atoms with Gasteiger partial charge in [0, 0.05) is 23.3 Å². The molecule has 0 aliphatic heterocycles. The lowest BCUT2D eigenvalue weighted by molar-refractivity contribution is -0.660. The fourth-order valence-electron chi connectivity index (χ4n) is 2.83. The van der Waals surface area contributed by atoms with Crippen molar-refractivity contribution in [1.29, 1.82) is 0 Å². The fraction of sp³-hybridized carbons (Fsp3) is 0.227. The summed E-state index contributed by atoms with van der Waals surface area (Å²) in [5.74, 6) is -0.612. The van der Waals surface area contributed by atoms with Crippen LogP contribution in [0.1, 0.15) is 12.4 Å². The van der Waals surface area contributed by atoms with Gasteiger partial charge in [-0.15, -0.1) is 0 Å². The molecule has 3 heteroatoms. The molecule has 128 valence electrons. The summed E-state index contributed by atoms with van der Waals surface area (Å²) in [6.45, 7) is 8.57. The average Bonchev–Trinajstić information content (AvgIpc) is 2.66.